The Kier molecular flexibility index (Phi) is 5.22. The molecule has 0 heterocycles. The molecule has 0 amide bonds. The molecule has 0 fully saturated rings. The van der Waals surface area contributed by atoms with Crippen LogP contribution in [0.4, 0.5) is 5.69 Å². The number of hydrogen-bond acceptors (Lipinski definition) is 3. The minimum Gasteiger partial charge on any atom is -0.492 e. The summed E-state index contributed by atoms with van der Waals surface area (Å²) in [6, 6.07) is 15.4. The molecule has 2 rings (SSSR count). The Labute approximate surface area is 133 Å². The van der Waals surface area contributed by atoms with E-state index in [1.165, 1.54) is 0 Å². The fraction of sp³-hybridized carbons (Fsp3) is 0.188. The molecule has 4 nitrogen and oxygen atoms in total. The SMILES string of the molecule is CN(CCOc1ccc(Br)cc1)c1ccc(C(=N)N)cc1. The summed E-state index contributed by atoms with van der Waals surface area (Å²) in [5.74, 6) is 0.946. The Bertz CT molecular complexity index is 596. The lowest BCUT2D eigenvalue weighted by Gasteiger charge is -2.19. The van der Waals surface area contributed by atoms with Gasteiger partial charge in [0.1, 0.15) is 18.2 Å². The van der Waals surface area contributed by atoms with Crippen molar-refractivity contribution in [3.63, 3.8) is 0 Å². The highest BCUT2D eigenvalue weighted by Gasteiger charge is 2.03. The molecule has 0 saturated carbocycles. The van der Waals surface area contributed by atoms with Crippen molar-refractivity contribution in [1.82, 2.24) is 0 Å². The number of hydrogen-bond donors (Lipinski definition) is 2. The van der Waals surface area contributed by atoms with E-state index in [2.05, 4.69) is 20.8 Å². The highest BCUT2D eigenvalue weighted by Crippen LogP contribution is 2.17. The third-order valence-corrected chi connectivity index (χ3v) is 3.66. The lowest BCUT2D eigenvalue weighted by atomic mass is 10.2. The van der Waals surface area contributed by atoms with Crippen molar-refractivity contribution in [1.29, 1.82) is 5.41 Å². The molecule has 0 aliphatic rings. The zero-order valence-corrected chi connectivity index (χ0v) is 13.4. The van der Waals surface area contributed by atoms with Crippen LogP contribution in [0, 0.1) is 5.41 Å². The van der Waals surface area contributed by atoms with Gasteiger partial charge in [0.05, 0.1) is 6.54 Å². The van der Waals surface area contributed by atoms with Gasteiger partial charge in [0.15, 0.2) is 0 Å². The maximum Gasteiger partial charge on any atom is 0.122 e. The van der Waals surface area contributed by atoms with Gasteiger partial charge < -0.3 is 15.4 Å². The summed E-state index contributed by atoms with van der Waals surface area (Å²) in [6.07, 6.45) is 0. The van der Waals surface area contributed by atoms with E-state index in [0.29, 0.717) is 6.61 Å². The molecule has 3 N–H and O–H groups in total. The summed E-state index contributed by atoms with van der Waals surface area (Å²) in [4.78, 5) is 2.10. The van der Waals surface area contributed by atoms with Crippen LogP contribution in [0.3, 0.4) is 0 Å². The minimum atomic E-state index is 0.0859. The van der Waals surface area contributed by atoms with Crippen molar-refractivity contribution in [3.05, 3.63) is 58.6 Å². The first-order valence-corrected chi connectivity index (χ1v) is 7.39. The summed E-state index contributed by atoms with van der Waals surface area (Å²) in [6.45, 7) is 1.38. The molecule has 0 atom stereocenters. The molecule has 0 aromatic heterocycles. The fourth-order valence-electron chi connectivity index (χ4n) is 1.86. The maximum absolute atomic E-state index is 7.38. The molecule has 21 heavy (non-hydrogen) atoms. The van der Waals surface area contributed by atoms with Gasteiger partial charge in [-0.15, -0.1) is 0 Å². The van der Waals surface area contributed by atoms with E-state index in [0.717, 1.165) is 28.0 Å². The Balaban J connectivity index is 1.85. The normalized spacial score (nSPS) is 10.2. The van der Waals surface area contributed by atoms with Crippen LogP contribution in [0.2, 0.25) is 0 Å². The number of nitrogens with one attached hydrogen (secondary N) is 1. The first-order valence-electron chi connectivity index (χ1n) is 6.60. The number of likely N-dealkylation sites (N-methyl/N-ethyl adjacent to an activating group) is 1. The number of nitrogen functional groups attached to an aromatic ring is 1. The third kappa shape index (κ3) is 4.49. The van der Waals surface area contributed by atoms with Crippen LogP contribution in [0.25, 0.3) is 0 Å². The molecular weight excluding hydrogens is 330 g/mol. The van der Waals surface area contributed by atoms with Crippen LogP contribution in [0.1, 0.15) is 5.56 Å². The highest BCUT2D eigenvalue weighted by atomic mass is 79.9. The van der Waals surface area contributed by atoms with Gasteiger partial charge in [0, 0.05) is 22.8 Å². The zero-order valence-electron chi connectivity index (χ0n) is 11.8. The lowest BCUT2D eigenvalue weighted by molar-refractivity contribution is 0.326. The standard InChI is InChI=1S/C16H18BrN3O/c1-20(14-6-2-12(3-7-14)16(18)19)10-11-21-15-8-4-13(17)5-9-15/h2-9H,10-11H2,1H3,(H3,18,19). The number of rotatable bonds is 6. The molecule has 110 valence electrons. The number of nitrogens with two attached hydrogens (primary N) is 1. The second-order valence-corrected chi connectivity index (χ2v) is 5.60. The van der Waals surface area contributed by atoms with Crippen molar-refractivity contribution < 1.29 is 4.74 Å². The van der Waals surface area contributed by atoms with Crippen molar-refractivity contribution in [2.45, 2.75) is 0 Å². The lowest BCUT2D eigenvalue weighted by Crippen LogP contribution is -2.23. The van der Waals surface area contributed by atoms with Crippen LogP contribution in [-0.2, 0) is 0 Å². The second kappa shape index (κ2) is 7.13. The van der Waals surface area contributed by atoms with Gasteiger partial charge in [0.2, 0.25) is 0 Å². The van der Waals surface area contributed by atoms with Crippen molar-refractivity contribution in [2.75, 3.05) is 25.1 Å². The maximum atomic E-state index is 7.38. The van der Waals surface area contributed by atoms with Crippen molar-refractivity contribution >= 4 is 27.5 Å². The van der Waals surface area contributed by atoms with E-state index in [4.69, 9.17) is 15.9 Å². The molecule has 0 aliphatic carbocycles. The predicted molar refractivity (Wildman–Crippen MR) is 90.4 cm³/mol. The van der Waals surface area contributed by atoms with E-state index in [1.807, 2.05) is 55.6 Å². The second-order valence-electron chi connectivity index (χ2n) is 4.68. The first kappa shape index (κ1) is 15.4. The van der Waals surface area contributed by atoms with Gasteiger partial charge in [-0.2, -0.15) is 0 Å². The predicted octanol–water partition coefficient (Wildman–Crippen LogP) is 3.25. The highest BCUT2D eigenvalue weighted by molar-refractivity contribution is 9.10. The number of anilines is 1. The van der Waals surface area contributed by atoms with E-state index in [-0.39, 0.29) is 5.84 Å². The van der Waals surface area contributed by atoms with E-state index in [9.17, 15) is 0 Å². The fourth-order valence-corrected chi connectivity index (χ4v) is 2.12. The molecule has 0 unspecified atom stereocenters. The van der Waals surface area contributed by atoms with Gasteiger partial charge in [-0.3, -0.25) is 5.41 Å². The summed E-state index contributed by atoms with van der Waals surface area (Å²) in [5, 5.41) is 7.38. The number of benzene rings is 2. The van der Waals surface area contributed by atoms with Gasteiger partial charge in [-0.25, -0.2) is 0 Å². The van der Waals surface area contributed by atoms with Gasteiger partial charge in [-0.05, 0) is 48.5 Å². The average molecular weight is 348 g/mol. The number of halogens is 1. The average Bonchev–Trinajstić information content (AvgIpc) is 2.49. The number of ether oxygens (including phenoxy) is 1. The summed E-state index contributed by atoms with van der Waals surface area (Å²) < 4.78 is 6.74. The van der Waals surface area contributed by atoms with Gasteiger partial charge in [-0.1, -0.05) is 15.9 Å². The molecule has 2 aromatic rings. The van der Waals surface area contributed by atoms with Crippen LogP contribution in [0.5, 0.6) is 5.75 Å². The van der Waals surface area contributed by atoms with Crippen LogP contribution in [0.15, 0.2) is 53.0 Å². The largest absolute Gasteiger partial charge is 0.492 e. The van der Waals surface area contributed by atoms with E-state index in [1.54, 1.807) is 0 Å². The van der Waals surface area contributed by atoms with Gasteiger partial charge >= 0.3 is 0 Å². The van der Waals surface area contributed by atoms with Crippen LogP contribution >= 0.6 is 15.9 Å². The molecule has 5 heteroatoms. The monoisotopic (exact) mass is 347 g/mol. The van der Waals surface area contributed by atoms with E-state index >= 15 is 0 Å². The third-order valence-electron chi connectivity index (χ3n) is 3.13. The van der Waals surface area contributed by atoms with Crippen molar-refractivity contribution in [3.8, 4) is 5.75 Å². The zero-order chi connectivity index (χ0) is 15.2. The molecule has 2 aromatic carbocycles. The summed E-state index contributed by atoms with van der Waals surface area (Å²) in [5.41, 5.74) is 7.24. The summed E-state index contributed by atoms with van der Waals surface area (Å²) in [7, 11) is 2.01. The minimum absolute atomic E-state index is 0.0859. The van der Waals surface area contributed by atoms with Crippen LogP contribution < -0.4 is 15.4 Å². The first-order chi connectivity index (χ1) is 10.1. The molecule has 0 spiro atoms. The molecule has 0 saturated heterocycles. The smallest absolute Gasteiger partial charge is 0.122 e. The summed E-state index contributed by atoms with van der Waals surface area (Å²) >= 11 is 3.40. The van der Waals surface area contributed by atoms with Crippen LogP contribution in [-0.4, -0.2) is 26.0 Å². The molecule has 0 radical (unpaired) electrons. The topological polar surface area (TPSA) is 62.3 Å². The van der Waals surface area contributed by atoms with Gasteiger partial charge in [0.25, 0.3) is 0 Å². The van der Waals surface area contributed by atoms with Crippen molar-refractivity contribution in [2.24, 2.45) is 5.73 Å². The Morgan fingerprint density at radius 2 is 1.76 bits per heavy atom. The molecular formula is C16H18BrN3O. The quantitative estimate of drug-likeness (QED) is 0.622. The molecule has 0 aliphatic heterocycles. The number of nitrogens with zero attached hydrogens (tertiary/aromatic N) is 1. The molecule has 0 bridgehead atoms. The Hall–Kier alpha value is -2.01. The Morgan fingerprint density at radius 3 is 2.33 bits per heavy atom. The Morgan fingerprint density at radius 1 is 1.14 bits per heavy atom. The van der Waals surface area contributed by atoms with E-state index < -0.39 is 0 Å². The number of amidine groups is 1.